The number of nitrogens with one attached hydrogen (secondary N) is 1. The van der Waals surface area contributed by atoms with Crippen molar-refractivity contribution in [2.75, 3.05) is 25.0 Å². The number of carbonyl (C=O) groups is 2. The van der Waals surface area contributed by atoms with Gasteiger partial charge in [-0.3, -0.25) is 19.8 Å². The Balaban J connectivity index is 1.36. The zero-order valence-electron chi connectivity index (χ0n) is 16.8. The molecule has 3 heterocycles. The van der Waals surface area contributed by atoms with E-state index in [1.54, 1.807) is 6.07 Å². The highest BCUT2D eigenvalue weighted by Gasteiger charge is 2.29. The van der Waals surface area contributed by atoms with E-state index in [9.17, 15) is 14.0 Å². The molecule has 1 aromatic carbocycles. The van der Waals surface area contributed by atoms with Crippen LogP contribution < -0.4 is 5.32 Å². The Kier molecular flexibility index (Phi) is 6.69. The lowest BCUT2D eigenvalue weighted by Gasteiger charge is -2.34. The van der Waals surface area contributed by atoms with Crippen molar-refractivity contribution in [1.29, 1.82) is 0 Å². The van der Waals surface area contributed by atoms with E-state index in [4.69, 9.17) is 0 Å². The highest BCUT2D eigenvalue weighted by molar-refractivity contribution is 7.15. The zero-order chi connectivity index (χ0) is 20.9. The van der Waals surface area contributed by atoms with Crippen LogP contribution in [0.5, 0.6) is 0 Å². The van der Waals surface area contributed by atoms with Crippen molar-refractivity contribution >= 4 is 28.3 Å². The van der Waals surface area contributed by atoms with Gasteiger partial charge in [0.25, 0.3) is 0 Å². The number of piperidine rings is 1. The molecule has 2 amide bonds. The molecule has 30 heavy (non-hydrogen) atoms. The Bertz CT molecular complexity index is 899. The SMILES string of the molecule is O=C(Nc1nnc(CC(=O)N2CCCC2)s1)C1CCCCN1Cc1cccc(F)c1. The van der Waals surface area contributed by atoms with E-state index in [0.29, 0.717) is 16.7 Å². The summed E-state index contributed by atoms with van der Waals surface area (Å²) in [6, 6.07) is 6.21. The standard InChI is InChI=1S/C21H26FN5O2S/c22-16-7-5-6-15(12-16)14-27-11-2-1-8-17(27)20(29)23-21-25-24-18(30-21)13-19(28)26-9-3-4-10-26/h5-7,12,17H,1-4,8-11,13-14H2,(H,23,25,29). The summed E-state index contributed by atoms with van der Waals surface area (Å²) in [5, 5.41) is 12.0. The number of anilines is 1. The average molecular weight is 432 g/mol. The summed E-state index contributed by atoms with van der Waals surface area (Å²) in [5.74, 6) is -0.329. The maximum Gasteiger partial charge on any atom is 0.243 e. The Labute approximate surface area is 179 Å². The zero-order valence-corrected chi connectivity index (χ0v) is 17.7. The molecule has 1 aromatic heterocycles. The Morgan fingerprint density at radius 2 is 1.93 bits per heavy atom. The van der Waals surface area contributed by atoms with Gasteiger partial charge in [-0.2, -0.15) is 0 Å². The number of nitrogens with zero attached hydrogens (tertiary/aromatic N) is 4. The van der Waals surface area contributed by atoms with Gasteiger partial charge in [-0.05, 0) is 49.9 Å². The van der Waals surface area contributed by atoms with Gasteiger partial charge in [-0.1, -0.05) is 29.9 Å². The van der Waals surface area contributed by atoms with Crippen molar-refractivity contribution < 1.29 is 14.0 Å². The van der Waals surface area contributed by atoms with Crippen LogP contribution in [-0.2, 0) is 22.6 Å². The molecule has 0 bridgehead atoms. The maximum atomic E-state index is 13.5. The summed E-state index contributed by atoms with van der Waals surface area (Å²) < 4.78 is 13.5. The summed E-state index contributed by atoms with van der Waals surface area (Å²) in [6.45, 7) is 2.94. The molecule has 9 heteroatoms. The third kappa shape index (κ3) is 5.20. The lowest BCUT2D eigenvalue weighted by atomic mass is 10.0. The van der Waals surface area contributed by atoms with Crippen molar-refractivity contribution in [3.05, 3.63) is 40.7 Å². The number of halogens is 1. The van der Waals surface area contributed by atoms with Crippen LogP contribution in [0.25, 0.3) is 0 Å². The Morgan fingerprint density at radius 1 is 1.13 bits per heavy atom. The summed E-state index contributed by atoms with van der Waals surface area (Å²) in [6.07, 6.45) is 5.07. The molecule has 2 aliphatic rings. The molecule has 1 unspecified atom stereocenters. The Morgan fingerprint density at radius 3 is 2.73 bits per heavy atom. The van der Waals surface area contributed by atoms with Crippen LogP contribution >= 0.6 is 11.3 Å². The fraction of sp³-hybridized carbons (Fsp3) is 0.524. The minimum Gasteiger partial charge on any atom is -0.342 e. The normalized spacial score (nSPS) is 19.8. The van der Waals surface area contributed by atoms with Crippen LogP contribution in [-0.4, -0.2) is 57.5 Å². The first-order chi connectivity index (χ1) is 14.6. The second-order valence-corrected chi connectivity index (χ2v) is 8.93. The van der Waals surface area contributed by atoms with E-state index in [1.165, 1.54) is 23.5 Å². The van der Waals surface area contributed by atoms with E-state index in [1.807, 2.05) is 11.0 Å². The summed E-state index contributed by atoms with van der Waals surface area (Å²) in [4.78, 5) is 29.1. The van der Waals surface area contributed by atoms with Crippen molar-refractivity contribution in [2.45, 2.75) is 51.1 Å². The number of hydrogen-bond acceptors (Lipinski definition) is 6. The van der Waals surface area contributed by atoms with Crippen molar-refractivity contribution in [3.63, 3.8) is 0 Å². The molecule has 2 fully saturated rings. The fourth-order valence-corrected chi connectivity index (χ4v) is 4.85. The minimum atomic E-state index is -0.291. The van der Waals surface area contributed by atoms with Gasteiger partial charge in [0.15, 0.2) is 0 Å². The molecular weight excluding hydrogens is 405 g/mol. The first-order valence-corrected chi connectivity index (χ1v) is 11.3. The van der Waals surface area contributed by atoms with Gasteiger partial charge in [-0.25, -0.2) is 4.39 Å². The second-order valence-electron chi connectivity index (χ2n) is 7.87. The van der Waals surface area contributed by atoms with Gasteiger partial charge in [0, 0.05) is 19.6 Å². The number of rotatable bonds is 6. The smallest absolute Gasteiger partial charge is 0.243 e. The molecule has 2 saturated heterocycles. The molecule has 4 rings (SSSR count). The highest BCUT2D eigenvalue weighted by atomic mass is 32.1. The monoisotopic (exact) mass is 431 g/mol. The second kappa shape index (κ2) is 9.61. The summed E-state index contributed by atoms with van der Waals surface area (Å²) in [7, 11) is 0. The summed E-state index contributed by atoms with van der Waals surface area (Å²) in [5.41, 5.74) is 0.855. The van der Waals surface area contributed by atoms with E-state index in [-0.39, 0.29) is 30.1 Å². The molecule has 0 spiro atoms. The average Bonchev–Trinajstić information content (AvgIpc) is 3.41. The Hall–Kier alpha value is -2.39. The van der Waals surface area contributed by atoms with Crippen LogP contribution in [0.2, 0.25) is 0 Å². The number of carbonyl (C=O) groups excluding carboxylic acids is 2. The molecular formula is C21H26FN5O2S. The number of benzene rings is 1. The van der Waals surface area contributed by atoms with Crippen LogP contribution in [0.15, 0.2) is 24.3 Å². The predicted octanol–water partition coefficient (Wildman–Crippen LogP) is 2.84. The maximum absolute atomic E-state index is 13.5. The highest BCUT2D eigenvalue weighted by Crippen LogP contribution is 2.23. The van der Waals surface area contributed by atoms with E-state index in [2.05, 4.69) is 20.4 Å². The minimum absolute atomic E-state index is 0.0649. The molecule has 160 valence electrons. The van der Waals surface area contributed by atoms with Gasteiger partial charge in [0.2, 0.25) is 16.9 Å². The third-order valence-corrected chi connectivity index (χ3v) is 6.49. The van der Waals surface area contributed by atoms with Crippen LogP contribution in [0.3, 0.4) is 0 Å². The van der Waals surface area contributed by atoms with E-state index >= 15 is 0 Å². The summed E-state index contributed by atoms with van der Waals surface area (Å²) >= 11 is 1.25. The van der Waals surface area contributed by atoms with Gasteiger partial charge in [-0.15, -0.1) is 10.2 Å². The topological polar surface area (TPSA) is 78.4 Å². The predicted molar refractivity (Wildman–Crippen MR) is 113 cm³/mol. The largest absolute Gasteiger partial charge is 0.342 e. The van der Waals surface area contributed by atoms with Gasteiger partial charge in [0.05, 0.1) is 12.5 Å². The third-order valence-electron chi connectivity index (χ3n) is 5.65. The van der Waals surface area contributed by atoms with Crippen LogP contribution in [0.4, 0.5) is 9.52 Å². The van der Waals surface area contributed by atoms with Crippen molar-refractivity contribution in [1.82, 2.24) is 20.0 Å². The van der Waals surface area contributed by atoms with Crippen molar-refractivity contribution in [3.8, 4) is 0 Å². The van der Waals surface area contributed by atoms with E-state index < -0.39 is 0 Å². The molecule has 2 aliphatic heterocycles. The molecule has 0 aliphatic carbocycles. The van der Waals surface area contributed by atoms with Crippen LogP contribution in [0.1, 0.15) is 42.7 Å². The van der Waals surface area contributed by atoms with Gasteiger partial charge in [0.1, 0.15) is 10.8 Å². The first kappa shape index (κ1) is 20.9. The molecule has 2 aromatic rings. The fourth-order valence-electron chi connectivity index (χ4n) is 4.12. The number of amides is 2. The van der Waals surface area contributed by atoms with E-state index in [0.717, 1.165) is 57.3 Å². The molecule has 0 saturated carbocycles. The lowest BCUT2D eigenvalue weighted by Crippen LogP contribution is -2.46. The number of hydrogen-bond donors (Lipinski definition) is 1. The lowest BCUT2D eigenvalue weighted by molar-refractivity contribution is -0.129. The van der Waals surface area contributed by atoms with Crippen LogP contribution in [0, 0.1) is 5.82 Å². The first-order valence-electron chi connectivity index (χ1n) is 10.5. The molecule has 0 radical (unpaired) electrons. The van der Waals surface area contributed by atoms with Gasteiger partial charge < -0.3 is 4.90 Å². The molecule has 1 atom stereocenters. The van der Waals surface area contributed by atoms with Crippen molar-refractivity contribution in [2.24, 2.45) is 0 Å². The molecule has 1 N–H and O–H groups in total. The number of aromatic nitrogens is 2. The molecule has 7 nitrogen and oxygen atoms in total. The number of likely N-dealkylation sites (tertiary alicyclic amines) is 2. The quantitative estimate of drug-likeness (QED) is 0.761. The van der Waals surface area contributed by atoms with Gasteiger partial charge >= 0.3 is 0 Å².